The molecule has 0 aromatic heterocycles. The molecular weight excluding hydrogens is 273 g/mol. The molecule has 0 spiro atoms. The largest absolute Gasteiger partial charge is 0.481 e. The third-order valence-electron chi connectivity index (χ3n) is 3.97. The number of aliphatic hydroxyl groups is 1. The summed E-state index contributed by atoms with van der Waals surface area (Å²) in [5.41, 5.74) is 0. The summed E-state index contributed by atoms with van der Waals surface area (Å²) in [5, 5.41) is 12.3. The summed E-state index contributed by atoms with van der Waals surface area (Å²) in [6.45, 7) is 1.76. The molecule has 5 heteroatoms. The second-order valence-electron chi connectivity index (χ2n) is 5.56. The minimum atomic E-state index is -0.656. The number of carbonyl (C=O) groups excluding carboxylic acids is 1. The van der Waals surface area contributed by atoms with Crippen LogP contribution in [0.1, 0.15) is 32.6 Å². The van der Waals surface area contributed by atoms with Gasteiger partial charge in [-0.3, -0.25) is 4.79 Å². The first-order valence-electron chi connectivity index (χ1n) is 7.43. The number of ether oxygens (including phenoxy) is 1. The molecule has 21 heavy (non-hydrogen) atoms. The number of carbonyl (C=O) groups is 1. The van der Waals surface area contributed by atoms with Crippen molar-refractivity contribution in [3.63, 3.8) is 0 Å². The molecule has 1 aliphatic carbocycles. The van der Waals surface area contributed by atoms with E-state index in [2.05, 4.69) is 5.32 Å². The molecule has 1 fully saturated rings. The maximum Gasteiger partial charge on any atom is 0.261 e. The van der Waals surface area contributed by atoms with Gasteiger partial charge in [-0.2, -0.15) is 0 Å². The molecule has 4 nitrogen and oxygen atoms in total. The van der Waals surface area contributed by atoms with E-state index in [-0.39, 0.29) is 30.3 Å². The van der Waals surface area contributed by atoms with E-state index in [4.69, 9.17) is 4.74 Å². The molecule has 3 atom stereocenters. The lowest BCUT2D eigenvalue weighted by Crippen LogP contribution is -2.47. The molecule has 0 saturated heterocycles. The number of nitrogens with one attached hydrogen (secondary N) is 1. The summed E-state index contributed by atoms with van der Waals surface area (Å²) in [5.74, 6) is 0.0410. The molecule has 2 N–H and O–H groups in total. The van der Waals surface area contributed by atoms with Crippen molar-refractivity contribution in [2.45, 2.75) is 44.8 Å². The number of benzene rings is 1. The molecule has 0 aliphatic heterocycles. The van der Waals surface area contributed by atoms with Crippen LogP contribution in [-0.2, 0) is 4.79 Å². The smallest absolute Gasteiger partial charge is 0.261 e. The van der Waals surface area contributed by atoms with Crippen LogP contribution in [0.3, 0.4) is 0 Å². The molecule has 0 bridgehead atoms. The van der Waals surface area contributed by atoms with Crippen LogP contribution in [0, 0.1) is 11.7 Å². The highest BCUT2D eigenvalue weighted by Gasteiger charge is 2.27. The Hall–Kier alpha value is -1.62. The number of rotatable bonds is 5. The number of hydrogen-bond donors (Lipinski definition) is 2. The van der Waals surface area contributed by atoms with Crippen LogP contribution in [-0.4, -0.2) is 29.8 Å². The summed E-state index contributed by atoms with van der Waals surface area (Å²) < 4.78 is 18.3. The summed E-state index contributed by atoms with van der Waals surface area (Å²) >= 11 is 0. The normalized spacial score (nSPS) is 23.4. The highest BCUT2D eigenvalue weighted by molar-refractivity contribution is 5.81. The molecule has 0 radical (unpaired) electrons. The minimum absolute atomic E-state index is 0.00974. The van der Waals surface area contributed by atoms with Crippen LogP contribution in [0.25, 0.3) is 0 Å². The molecule has 1 aliphatic rings. The highest BCUT2D eigenvalue weighted by atomic mass is 19.1. The molecule has 2 rings (SSSR count). The fourth-order valence-electron chi connectivity index (χ4n) is 2.69. The van der Waals surface area contributed by atoms with Gasteiger partial charge in [0.1, 0.15) is 11.6 Å². The Morgan fingerprint density at radius 3 is 2.71 bits per heavy atom. The fraction of sp³-hybridized carbons (Fsp3) is 0.562. The van der Waals surface area contributed by atoms with Gasteiger partial charge in [-0.1, -0.05) is 12.8 Å². The average Bonchev–Trinajstić information content (AvgIpc) is 2.50. The maximum absolute atomic E-state index is 12.8. The van der Waals surface area contributed by atoms with Crippen molar-refractivity contribution >= 4 is 5.91 Å². The van der Waals surface area contributed by atoms with Gasteiger partial charge in [-0.05, 0) is 44.0 Å². The first-order chi connectivity index (χ1) is 10.1. The first-order valence-corrected chi connectivity index (χ1v) is 7.43. The third kappa shape index (κ3) is 4.43. The lowest BCUT2D eigenvalue weighted by molar-refractivity contribution is -0.128. The van der Waals surface area contributed by atoms with E-state index in [9.17, 15) is 14.3 Å². The number of amides is 1. The number of halogens is 1. The summed E-state index contributed by atoms with van der Waals surface area (Å²) in [4.78, 5) is 12.2. The van der Waals surface area contributed by atoms with Crippen molar-refractivity contribution < 1.29 is 19.0 Å². The van der Waals surface area contributed by atoms with Gasteiger partial charge in [-0.15, -0.1) is 0 Å². The van der Waals surface area contributed by atoms with Crippen molar-refractivity contribution in [3.05, 3.63) is 30.1 Å². The Morgan fingerprint density at radius 2 is 2.05 bits per heavy atom. The second-order valence-corrected chi connectivity index (χ2v) is 5.56. The Labute approximate surface area is 124 Å². The monoisotopic (exact) mass is 295 g/mol. The quantitative estimate of drug-likeness (QED) is 0.876. The topological polar surface area (TPSA) is 58.6 Å². The van der Waals surface area contributed by atoms with Crippen LogP contribution in [0.2, 0.25) is 0 Å². The van der Waals surface area contributed by atoms with Crippen LogP contribution >= 0.6 is 0 Å². The van der Waals surface area contributed by atoms with Gasteiger partial charge in [0, 0.05) is 18.6 Å². The van der Waals surface area contributed by atoms with E-state index >= 15 is 0 Å². The summed E-state index contributed by atoms with van der Waals surface area (Å²) in [6, 6.07) is 5.59. The lowest BCUT2D eigenvalue weighted by Gasteiger charge is -2.31. The van der Waals surface area contributed by atoms with Gasteiger partial charge in [0.25, 0.3) is 5.91 Å². The van der Waals surface area contributed by atoms with E-state index in [1.807, 2.05) is 0 Å². The third-order valence-corrected chi connectivity index (χ3v) is 3.97. The zero-order valence-electron chi connectivity index (χ0n) is 12.2. The van der Waals surface area contributed by atoms with E-state index < -0.39 is 6.10 Å². The Balaban J connectivity index is 1.88. The predicted octanol–water partition coefficient (Wildman–Crippen LogP) is 2.26. The highest BCUT2D eigenvalue weighted by Crippen LogP contribution is 2.24. The fourth-order valence-corrected chi connectivity index (χ4v) is 2.69. The Bertz CT molecular complexity index is 463. The standard InChI is InChI=1S/C16H22FNO3/c1-11(21-14-8-6-13(17)7-9-14)16(20)18-15-5-3-2-4-12(15)10-19/h6-9,11-12,15,19H,2-5,10H2,1H3,(H,18,20). The molecule has 1 saturated carbocycles. The van der Waals surface area contributed by atoms with Gasteiger partial charge in [0.05, 0.1) is 0 Å². The minimum Gasteiger partial charge on any atom is -0.481 e. The van der Waals surface area contributed by atoms with E-state index in [1.54, 1.807) is 6.92 Å². The van der Waals surface area contributed by atoms with Crippen LogP contribution < -0.4 is 10.1 Å². The SMILES string of the molecule is CC(Oc1ccc(F)cc1)C(=O)NC1CCCCC1CO. The first kappa shape index (κ1) is 15.8. The molecule has 3 unspecified atom stereocenters. The Morgan fingerprint density at radius 1 is 1.38 bits per heavy atom. The van der Waals surface area contributed by atoms with Crippen molar-refractivity contribution in [3.8, 4) is 5.75 Å². The molecule has 0 heterocycles. The predicted molar refractivity (Wildman–Crippen MR) is 77.5 cm³/mol. The van der Waals surface area contributed by atoms with Crippen LogP contribution in [0.5, 0.6) is 5.75 Å². The molecule has 1 aromatic rings. The van der Waals surface area contributed by atoms with Gasteiger partial charge in [0.15, 0.2) is 6.10 Å². The van der Waals surface area contributed by atoms with E-state index in [0.29, 0.717) is 5.75 Å². The van der Waals surface area contributed by atoms with Crippen molar-refractivity contribution in [2.75, 3.05) is 6.61 Å². The van der Waals surface area contributed by atoms with E-state index in [1.165, 1.54) is 24.3 Å². The molecule has 1 aromatic carbocycles. The van der Waals surface area contributed by atoms with Gasteiger partial charge < -0.3 is 15.2 Å². The molecule has 1 amide bonds. The van der Waals surface area contributed by atoms with E-state index in [0.717, 1.165) is 25.7 Å². The summed E-state index contributed by atoms with van der Waals surface area (Å²) in [6.07, 6.45) is 3.33. The zero-order chi connectivity index (χ0) is 15.2. The second kappa shape index (κ2) is 7.41. The van der Waals surface area contributed by atoms with Crippen molar-refractivity contribution in [1.29, 1.82) is 0 Å². The van der Waals surface area contributed by atoms with Crippen LogP contribution in [0.4, 0.5) is 4.39 Å². The zero-order valence-corrected chi connectivity index (χ0v) is 12.2. The van der Waals surface area contributed by atoms with Crippen molar-refractivity contribution in [2.24, 2.45) is 5.92 Å². The summed E-state index contributed by atoms with van der Waals surface area (Å²) in [7, 11) is 0. The van der Waals surface area contributed by atoms with Gasteiger partial charge in [0.2, 0.25) is 0 Å². The van der Waals surface area contributed by atoms with Crippen molar-refractivity contribution in [1.82, 2.24) is 5.32 Å². The van der Waals surface area contributed by atoms with Gasteiger partial charge in [-0.25, -0.2) is 4.39 Å². The Kier molecular flexibility index (Phi) is 5.56. The van der Waals surface area contributed by atoms with Gasteiger partial charge >= 0.3 is 0 Å². The average molecular weight is 295 g/mol. The number of aliphatic hydroxyl groups excluding tert-OH is 1. The molecule has 116 valence electrons. The number of hydrogen-bond acceptors (Lipinski definition) is 3. The van der Waals surface area contributed by atoms with Crippen LogP contribution in [0.15, 0.2) is 24.3 Å². The lowest BCUT2D eigenvalue weighted by atomic mass is 9.85. The maximum atomic E-state index is 12.8. The molecular formula is C16H22FNO3.